The van der Waals surface area contributed by atoms with Crippen molar-refractivity contribution in [2.75, 3.05) is 13.1 Å². The summed E-state index contributed by atoms with van der Waals surface area (Å²) in [5.41, 5.74) is 14.8. The Kier molecular flexibility index (Phi) is 4.46. The third-order valence-corrected chi connectivity index (χ3v) is 3.65. The molecule has 0 heterocycles. The summed E-state index contributed by atoms with van der Waals surface area (Å²) in [7, 11) is 0. The van der Waals surface area contributed by atoms with Crippen LogP contribution in [0.25, 0.3) is 0 Å². The van der Waals surface area contributed by atoms with E-state index in [1.54, 1.807) is 0 Å². The quantitative estimate of drug-likeness (QED) is 0.510. The van der Waals surface area contributed by atoms with Gasteiger partial charge in [-0.2, -0.15) is 0 Å². The normalized spacial score (nSPS) is 25.2. The monoisotopic (exact) mass is 286 g/mol. The zero-order chi connectivity index (χ0) is 14.8. The van der Waals surface area contributed by atoms with Crippen molar-refractivity contribution in [3.05, 3.63) is 0 Å². The molecule has 0 saturated heterocycles. The van der Waals surface area contributed by atoms with E-state index in [0.717, 1.165) is 4.90 Å². The second kappa shape index (κ2) is 5.52. The zero-order valence-electron chi connectivity index (χ0n) is 10.7. The van der Waals surface area contributed by atoms with Gasteiger partial charge in [-0.3, -0.25) is 14.4 Å². The molecule has 7 nitrogen and oxygen atoms in total. The Morgan fingerprint density at radius 1 is 1.16 bits per heavy atom. The highest BCUT2D eigenvalue weighted by Crippen LogP contribution is 2.47. The van der Waals surface area contributed by atoms with E-state index >= 15 is 0 Å². The second-order valence-corrected chi connectivity index (χ2v) is 5.49. The van der Waals surface area contributed by atoms with Gasteiger partial charge in [0.1, 0.15) is 0 Å². The van der Waals surface area contributed by atoms with Crippen LogP contribution in [-0.4, -0.2) is 40.7 Å². The minimum atomic E-state index is -0.973. The fraction of sp³-hybridized carbons (Fsp3) is 0.636. The van der Waals surface area contributed by atoms with Crippen LogP contribution in [-0.2, 0) is 14.4 Å². The molecule has 106 valence electrons. The minimum Gasteiger partial charge on any atom is -0.392 e. The molecule has 0 spiro atoms. The molecule has 0 unspecified atom stereocenters. The number of amides is 3. The Labute approximate surface area is 116 Å². The molecule has 0 aromatic rings. The number of hydrogen-bond donors (Lipinski definition) is 3. The molecule has 0 aliphatic heterocycles. The smallest absolute Gasteiger partial charge is 0.237 e. The molecule has 1 rings (SSSR count). The summed E-state index contributed by atoms with van der Waals surface area (Å²) in [5, 5.41) is 0. The number of carbonyl (C=O) groups is 3. The lowest BCUT2D eigenvalue weighted by atomic mass is 9.61. The average Bonchev–Trinajstić information content (AvgIpc) is 2.20. The van der Waals surface area contributed by atoms with E-state index in [2.05, 4.69) is 0 Å². The molecule has 0 bridgehead atoms. The SMILES string of the molecule is CC1CC(C(=O)N(CC(N)=O)CC(N)=O)(C(N)=S)C1. The lowest BCUT2D eigenvalue weighted by Gasteiger charge is -2.46. The van der Waals surface area contributed by atoms with Gasteiger partial charge in [-0.15, -0.1) is 0 Å². The molecule has 1 aliphatic rings. The van der Waals surface area contributed by atoms with Gasteiger partial charge in [0.25, 0.3) is 0 Å². The summed E-state index contributed by atoms with van der Waals surface area (Å²) in [6.45, 7) is 1.22. The van der Waals surface area contributed by atoms with Crippen LogP contribution >= 0.6 is 12.2 Å². The number of carbonyl (C=O) groups excluding carboxylic acids is 3. The first-order valence-corrected chi connectivity index (χ1v) is 6.25. The van der Waals surface area contributed by atoms with Gasteiger partial charge < -0.3 is 22.1 Å². The van der Waals surface area contributed by atoms with E-state index in [9.17, 15) is 14.4 Å². The molecule has 0 aromatic heterocycles. The molecule has 0 aromatic carbocycles. The van der Waals surface area contributed by atoms with Gasteiger partial charge in [-0.25, -0.2) is 0 Å². The van der Waals surface area contributed by atoms with Crippen LogP contribution in [0.3, 0.4) is 0 Å². The van der Waals surface area contributed by atoms with Gasteiger partial charge in [0.15, 0.2) is 0 Å². The van der Waals surface area contributed by atoms with Crippen molar-refractivity contribution in [3.8, 4) is 0 Å². The Morgan fingerprint density at radius 3 is 1.84 bits per heavy atom. The number of nitrogens with zero attached hydrogens (tertiary/aromatic N) is 1. The van der Waals surface area contributed by atoms with Crippen molar-refractivity contribution in [2.24, 2.45) is 28.5 Å². The van der Waals surface area contributed by atoms with Crippen molar-refractivity contribution < 1.29 is 14.4 Å². The van der Waals surface area contributed by atoms with Crippen molar-refractivity contribution in [1.29, 1.82) is 0 Å². The summed E-state index contributed by atoms with van der Waals surface area (Å²) in [6.07, 6.45) is 1.02. The fourth-order valence-corrected chi connectivity index (χ4v) is 2.74. The van der Waals surface area contributed by atoms with E-state index in [-0.39, 0.29) is 18.1 Å². The molecule has 19 heavy (non-hydrogen) atoms. The van der Waals surface area contributed by atoms with Crippen LogP contribution in [0.5, 0.6) is 0 Å². The second-order valence-electron chi connectivity index (χ2n) is 5.05. The third kappa shape index (κ3) is 3.19. The Bertz CT molecular complexity index is 416. The molecule has 0 atom stereocenters. The topological polar surface area (TPSA) is 133 Å². The maximum atomic E-state index is 12.4. The third-order valence-electron chi connectivity index (χ3n) is 3.26. The summed E-state index contributed by atoms with van der Waals surface area (Å²) in [4.78, 5) is 35.5. The molecule has 1 aliphatic carbocycles. The van der Waals surface area contributed by atoms with Gasteiger partial charge in [-0.1, -0.05) is 19.1 Å². The highest BCUT2D eigenvalue weighted by Gasteiger charge is 2.52. The Morgan fingerprint density at radius 2 is 1.58 bits per heavy atom. The Balaban J connectivity index is 2.94. The lowest BCUT2D eigenvalue weighted by Crippen LogP contribution is -2.59. The number of hydrogen-bond acceptors (Lipinski definition) is 4. The van der Waals surface area contributed by atoms with Gasteiger partial charge >= 0.3 is 0 Å². The summed E-state index contributed by atoms with van der Waals surface area (Å²) in [6, 6.07) is 0. The van der Waals surface area contributed by atoms with Crippen LogP contribution < -0.4 is 17.2 Å². The van der Waals surface area contributed by atoms with E-state index in [1.807, 2.05) is 6.92 Å². The molecule has 3 amide bonds. The molecule has 6 N–H and O–H groups in total. The first kappa shape index (κ1) is 15.4. The van der Waals surface area contributed by atoms with Gasteiger partial charge in [0.2, 0.25) is 17.7 Å². The molecule has 0 radical (unpaired) electrons. The molecular weight excluding hydrogens is 268 g/mol. The van der Waals surface area contributed by atoms with Crippen LogP contribution in [0, 0.1) is 11.3 Å². The highest BCUT2D eigenvalue weighted by molar-refractivity contribution is 7.80. The van der Waals surface area contributed by atoms with E-state index < -0.39 is 23.1 Å². The predicted molar refractivity (Wildman–Crippen MR) is 72.6 cm³/mol. The maximum absolute atomic E-state index is 12.4. The number of nitrogens with two attached hydrogens (primary N) is 3. The van der Waals surface area contributed by atoms with Crippen molar-refractivity contribution >= 4 is 34.9 Å². The highest BCUT2D eigenvalue weighted by atomic mass is 32.1. The minimum absolute atomic E-state index is 0.0783. The number of primary amides is 2. The summed E-state index contributed by atoms with van der Waals surface area (Å²) < 4.78 is 0. The molecular formula is C11H18N4O3S. The van der Waals surface area contributed by atoms with Crippen LogP contribution in [0.4, 0.5) is 0 Å². The molecule has 8 heteroatoms. The van der Waals surface area contributed by atoms with Gasteiger partial charge in [0.05, 0.1) is 23.5 Å². The fourth-order valence-electron chi connectivity index (χ4n) is 2.49. The van der Waals surface area contributed by atoms with Crippen molar-refractivity contribution in [3.63, 3.8) is 0 Å². The van der Waals surface area contributed by atoms with Crippen LogP contribution in [0.15, 0.2) is 0 Å². The van der Waals surface area contributed by atoms with Crippen LogP contribution in [0.1, 0.15) is 19.8 Å². The zero-order valence-corrected chi connectivity index (χ0v) is 11.5. The van der Waals surface area contributed by atoms with Gasteiger partial charge in [0, 0.05) is 0 Å². The van der Waals surface area contributed by atoms with Gasteiger partial charge in [-0.05, 0) is 18.8 Å². The maximum Gasteiger partial charge on any atom is 0.237 e. The largest absolute Gasteiger partial charge is 0.392 e. The first-order chi connectivity index (χ1) is 8.69. The molecule has 1 saturated carbocycles. The lowest BCUT2D eigenvalue weighted by molar-refractivity contribution is -0.148. The van der Waals surface area contributed by atoms with Crippen LogP contribution in [0.2, 0.25) is 0 Å². The molecule has 1 fully saturated rings. The van der Waals surface area contributed by atoms with E-state index in [1.165, 1.54) is 0 Å². The standard InChI is InChI=1S/C11H18N4O3S/c1-6-2-11(3-6,9(14)19)10(18)15(4-7(12)16)5-8(13)17/h6H,2-5H2,1H3,(H2,12,16)(H2,13,17)(H2,14,19). The van der Waals surface area contributed by atoms with Crippen molar-refractivity contribution in [1.82, 2.24) is 4.90 Å². The van der Waals surface area contributed by atoms with E-state index in [0.29, 0.717) is 18.8 Å². The predicted octanol–water partition coefficient (Wildman–Crippen LogP) is -1.51. The summed E-state index contributed by atoms with van der Waals surface area (Å²) >= 11 is 4.95. The number of rotatable bonds is 6. The summed E-state index contributed by atoms with van der Waals surface area (Å²) in [5.74, 6) is -1.58. The van der Waals surface area contributed by atoms with E-state index in [4.69, 9.17) is 29.4 Å². The van der Waals surface area contributed by atoms with Crippen molar-refractivity contribution in [2.45, 2.75) is 19.8 Å². The Hall–Kier alpha value is -1.70. The first-order valence-electron chi connectivity index (χ1n) is 5.85. The average molecular weight is 286 g/mol. The number of thiocarbonyl (C=S) groups is 1.